The lowest BCUT2D eigenvalue weighted by molar-refractivity contribution is 0.190. The van der Waals surface area contributed by atoms with Crippen LogP contribution in [0.2, 0.25) is 0 Å². The zero-order valence-electron chi connectivity index (χ0n) is 17.0. The Morgan fingerprint density at radius 1 is 0.724 bits per heavy atom. The van der Waals surface area contributed by atoms with Crippen LogP contribution in [-0.2, 0) is 19.7 Å². The lowest BCUT2D eigenvalue weighted by atomic mass is 10.0. The summed E-state index contributed by atoms with van der Waals surface area (Å²) in [4.78, 5) is 2.56. The second-order valence-corrected chi connectivity index (χ2v) is 7.84. The Balaban J connectivity index is 1.17. The van der Waals surface area contributed by atoms with E-state index >= 15 is 0 Å². The minimum atomic E-state index is 0.607. The molecule has 150 valence electrons. The van der Waals surface area contributed by atoms with Gasteiger partial charge in [-0.05, 0) is 54.8 Å². The van der Waals surface area contributed by atoms with Crippen molar-refractivity contribution in [1.29, 1.82) is 0 Å². The first-order valence-electron chi connectivity index (χ1n) is 10.6. The number of benzene rings is 3. The SMILES string of the molecule is c1ccc(COc2ccc(CNC3CCN(Cc4ccccc4)CC3)cc2)cc1. The Bertz CT molecular complexity index is 841. The molecule has 3 heteroatoms. The molecule has 1 fully saturated rings. The number of likely N-dealkylation sites (tertiary alicyclic amines) is 1. The number of nitrogens with one attached hydrogen (secondary N) is 1. The van der Waals surface area contributed by atoms with Crippen molar-refractivity contribution in [3.8, 4) is 5.75 Å². The van der Waals surface area contributed by atoms with Gasteiger partial charge in [0.25, 0.3) is 0 Å². The fourth-order valence-corrected chi connectivity index (χ4v) is 3.84. The summed E-state index contributed by atoms with van der Waals surface area (Å²) in [5.41, 5.74) is 3.91. The molecule has 0 radical (unpaired) electrons. The summed E-state index contributed by atoms with van der Waals surface area (Å²) in [6.07, 6.45) is 2.43. The van der Waals surface area contributed by atoms with Crippen molar-refractivity contribution in [2.45, 2.75) is 38.6 Å². The predicted molar refractivity (Wildman–Crippen MR) is 119 cm³/mol. The van der Waals surface area contributed by atoms with Crippen LogP contribution in [0, 0.1) is 0 Å². The van der Waals surface area contributed by atoms with E-state index < -0.39 is 0 Å². The zero-order chi connectivity index (χ0) is 19.7. The summed E-state index contributed by atoms with van der Waals surface area (Å²) in [6, 6.07) is 30.1. The van der Waals surface area contributed by atoms with E-state index in [1.807, 2.05) is 18.2 Å². The van der Waals surface area contributed by atoms with Gasteiger partial charge in [-0.15, -0.1) is 0 Å². The summed E-state index contributed by atoms with van der Waals surface area (Å²) in [6.45, 7) is 4.93. The van der Waals surface area contributed by atoms with E-state index in [-0.39, 0.29) is 0 Å². The second-order valence-electron chi connectivity index (χ2n) is 7.84. The van der Waals surface area contributed by atoms with Crippen LogP contribution in [0.3, 0.4) is 0 Å². The highest BCUT2D eigenvalue weighted by Crippen LogP contribution is 2.17. The first kappa shape index (κ1) is 19.7. The van der Waals surface area contributed by atoms with Crippen molar-refractivity contribution in [1.82, 2.24) is 10.2 Å². The number of piperidine rings is 1. The van der Waals surface area contributed by atoms with Gasteiger partial charge < -0.3 is 10.1 Å². The normalized spacial score (nSPS) is 15.3. The van der Waals surface area contributed by atoms with E-state index in [1.165, 1.54) is 42.6 Å². The van der Waals surface area contributed by atoms with Crippen molar-refractivity contribution < 1.29 is 4.74 Å². The molecule has 3 nitrogen and oxygen atoms in total. The summed E-state index contributed by atoms with van der Waals surface area (Å²) < 4.78 is 5.88. The van der Waals surface area contributed by atoms with Gasteiger partial charge in [0, 0.05) is 19.1 Å². The summed E-state index contributed by atoms with van der Waals surface area (Å²) in [5, 5.41) is 3.73. The maximum atomic E-state index is 5.88. The molecular weight excluding hydrogens is 356 g/mol. The van der Waals surface area contributed by atoms with E-state index in [9.17, 15) is 0 Å². The molecule has 0 atom stereocenters. The molecule has 0 saturated carbocycles. The van der Waals surface area contributed by atoms with E-state index in [4.69, 9.17) is 4.74 Å². The minimum absolute atomic E-state index is 0.607. The Kier molecular flexibility index (Phi) is 6.95. The molecule has 4 rings (SSSR count). The van der Waals surface area contributed by atoms with Gasteiger partial charge >= 0.3 is 0 Å². The molecule has 1 heterocycles. The lowest BCUT2D eigenvalue weighted by Gasteiger charge is -2.32. The molecule has 0 amide bonds. The fourth-order valence-electron chi connectivity index (χ4n) is 3.84. The summed E-state index contributed by atoms with van der Waals surface area (Å²) in [5.74, 6) is 0.923. The van der Waals surface area contributed by atoms with E-state index in [1.54, 1.807) is 0 Å². The Morgan fingerprint density at radius 2 is 1.34 bits per heavy atom. The Morgan fingerprint density at radius 3 is 2.00 bits per heavy atom. The zero-order valence-corrected chi connectivity index (χ0v) is 17.0. The molecular formula is C26H30N2O. The third-order valence-electron chi connectivity index (χ3n) is 5.60. The Labute approximate surface area is 174 Å². The molecule has 0 aliphatic carbocycles. The van der Waals surface area contributed by atoms with E-state index in [0.717, 1.165) is 18.8 Å². The van der Waals surface area contributed by atoms with Crippen LogP contribution in [0.25, 0.3) is 0 Å². The third kappa shape index (κ3) is 6.18. The standard InChI is InChI=1S/C26H30N2O/c1-3-7-23(8-4-1)20-28-17-15-25(16-18-28)27-19-22-11-13-26(14-12-22)29-21-24-9-5-2-6-10-24/h1-14,25,27H,15-21H2. The molecule has 0 bridgehead atoms. The molecule has 0 unspecified atom stereocenters. The van der Waals surface area contributed by atoms with Gasteiger partial charge in [0.2, 0.25) is 0 Å². The summed E-state index contributed by atoms with van der Waals surface area (Å²) in [7, 11) is 0. The van der Waals surface area contributed by atoms with Crippen LogP contribution in [0.5, 0.6) is 5.75 Å². The molecule has 3 aromatic carbocycles. The highest BCUT2D eigenvalue weighted by molar-refractivity contribution is 5.28. The maximum absolute atomic E-state index is 5.88. The molecule has 0 spiro atoms. The van der Waals surface area contributed by atoms with Crippen LogP contribution >= 0.6 is 0 Å². The van der Waals surface area contributed by atoms with Crippen molar-refractivity contribution in [3.05, 3.63) is 102 Å². The van der Waals surface area contributed by atoms with E-state index in [0.29, 0.717) is 12.6 Å². The molecule has 1 N–H and O–H groups in total. The average Bonchev–Trinajstić information content (AvgIpc) is 2.79. The lowest BCUT2D eigenvalue weighted by Crippen LogP contribution is -2.41. The van der Waals surface area contributed by atoms with Gasteiger partial charge in [0.15, 0.2) is 0 Å². The number of hydrogen-bond donors (Lipinski definition) is 1. The highest BCUT2D eigenvalue weighted by Gasteiger charge is 2.18. The van der Waals surface area contributed by atoms with Crippen LogP contribution in [-0.4, -0.2) is 24.0 Å². The highest BCUT2D eigenvalue weighted by atomic mass is 16.5. The minimum Gasteiger partial charge on any atom is -0.489 e. The number of rotatable bonds is 8. The molecule has 1 aliphatic heterocycles. The van der Waals surface area contributed by atoms with Gasteiger partial charge in [0.1, 0.15) is 12.4 Å². The largest absolute Gasteiger partial charge is 0.489 e. The van der Waals surface area contributed by atoms with Crippen LogP contribution in [0.1, 0.15) is 29.5 Å². The quantitative estimate of drug-likeness (QED) is 0.588. The summed E-state index contributed by atoms with van der Waals surface area (Å²) >= 11 is 0. The van der Waals surface area contributed by atoms with Crippen molar-refractivity contribution >= 4 is 0 Å². The smallest absolute Gasteiger partial charge is 0.119 e. The fraction of sp³-hybridized carbons (Fsp3) is 0.308. The van der Waals surface area contributed by atoms with Crippen molar-refractivity contribution in [3.63, 3.8) is 0 Å². The molecule has 1 saturated heterocycles. The van der Waals surface area contributed by atoms with Crippen LogP contribution in [0.15, 0.2) is 84.9 Å². The van der Waals surface area contributed by atoms with Gasteiger partial charge in [-0.2, -0.15) is 0 Å². The van der Waals surface area contributed by atoms with Gasteiger partial charge in [-0.25, -0.2) is 0 Å². The van der Waals surface area contributed by atoms with Crippen LogP contribution < -0.4 is 10.1 Å². The van der Waals surface area contributed by atoms with E-state index in [2.05, 4.69) is 76.9 Å². The number of hydrogen-bond acceptors (Lipinski definition) is 3. The Hall–Kier alpha value is -2.62. The van der Waals surface area contributed by atoms with Gasteiger partial charge in [0.05, 0.1) is 0 Å². The van der Waals surface area contributed by atoms with Gasteiger partial charge in [-0.3, -0.25) is 4.90 Å². The monoisotopic (exact) mass is 386 g/mol. The van der Waals surface area contributed by atoms with Gasteiger partial charge in [-0.1, -0.05) is 72.8 Å². The molecule has 3 aromatic rings. The van der Waals surface area contributed by atoms with Crippen molar-refractivity contribution in [2.24, 2.45) is 0 Å². The maximum Gasteiger partial charge on any atom is 0.119 e. The second kappa shape index (κ2) is 10.2. The van der Waals surface area contributed by atoms with Crippen LogP contribution in [0.4, 0.5) is 0 Å². The number of ether oxygens (including phenoxy) is 1. The first-order valence-corrected chi connectivity index (χ1v) is 10.6. The molecule has 29 heavy (non-hydrogen) atoms. The predicted octanol–water partition coefficient (Wildman–Crippen LogP) is 5.02. The topological polar surface area (TPSA) is 24.5 Å². The van der Waals surface area contributed by atoms with Crippen molar-refractivity contribution in [2.75, 3.05) is 13.1 Å². The average molecular weight is 387 g/mol. The third-order valence-corrected chi connectivity index (χ3v) is 5.60. The molecule has 1 aliphatic rings. The molecule has 0 aromatic heterocycles. The first-order chi connectivity index (χ1) is 14.3. The number of nitrogens with zero attached hydrogens (tertiary/aromatic N) is 1.